The molecule has 0 radical (unpaired) electrons. The highest BCUT2D eigenvalue weighted by atomic mass is 16.5. The van der Waals surface area contributed by atoms with E-state index < -0.39 is 0 Å². The molecule has 0 aromatic heterocycles. The van der Waals surface area contributed by atoms with Crippen molar-refractivity contribution in [2.45, 2.75) is 71.9 Å². The van der Waals surface area contributed by atoms with Crippen LogP contribution in [0.2, 0.25) is 0 Å². The second kappa shape index (κ2) is 9.01. The smallest absolute Gasteiger partial charge is 0.0478 e. The number of ether oxygens (including phenoxy) is 1. The molecule has 0 amide bonds. The zero-order valence-corrected chi connectivity index (χ0v) is 14.4. The van der Waals surface area contributed by atoms with E-state index in [1.165, 1.54) is 32.4 Å². The van der Waals surface area contributed by atoms with Crippen LogP contribution in [-0.4, -0.2) is 49.3 Å². The standard InChI is InChI=1S/C17H36N2O/c1-6-15(5)16-13-19(11-10-12-20-9-4)17(7-2,8-3)14-18-16/h15-16,18H,6-14H2,1-5H3. The minimum atomic E-state index is 0.357. The van der Waals surface area contributed by atoms with Gasteiger partial charge in [0.1, 0.15) is 0 Å². The lowest BCUT2D eigenvalue weighted by Gasteiger charge is -2.51. The van der Waals surface area contributed by atoms with Crippen LogP contribution in [0.1, 0.15) is 60.3 Å². The Hall–Kier alpha value is -0.120. The van der Waals surface area contributed by atoms with Crippen LogP contribution in [-0.2, 0) is 4.74 Å². The third kappa shape index (κ3) is 4.44. The summed E-state index contributed by atoms with van der Waals surface area (Å²) in [6, 6.07) is 0.651. The molecule has 120 valence electrons. The number of nitrogens with zero attached hydrogens (tertiary/aromatic N) is 1. The van der Waals surface area contributed by atoms with Crippen LogP contribution in [0, 0.1) is 5.92 Å². The number of hydrogen-bond donors (Lipinski definition) is 1. The molecule has 2 atom stereocenters. The van der Waals surface area contributed by atoms with Crippen molar-refractivity contribution in [1.82, 2.24) is 10.2 Å². The van der Waals surface area contributed by atoms with Gasteiger partial charge in [-0.15, -0.1) is 0 Å². The van der Waals surface area contributed by atoms with Crippen molar-refractivity contribution in [1.29, 1.82) is 0 Å². The summed E-state index contributed by atoms with van der Waals surface area (Å²) in [6.45, 7) is 16.7. The van der Waals surface area contributed by atoms with Crippen LogP contribution in [0.5, 0.6) is 0 Å². The van der Waals surface area contributed by atoms with Crippen LogP contribution in [0.15, 0.2) is 0 Å². The Morgan fingerprint density at radius 1 is 1.25 bits per heavy atom. The molecular formula is C17H36N2O. The molecule has 0 spiro atoms. The predicted molar refractivity (Wildman–Crippen MR) is 87.2 cm³/mol. The summed E-state index contributed by atoms with van der Waals surface area (Å²) in [7, 11) is 0. The quantitative estimate of drug-likeness (QED) is 0.658. The second-order valence-corrected chi connectivity index (χ2v) is 6.30. The van der Waals surface area contributed by atoms with Gasteiger partial charge >= 0.3 is 0 Å². The van der Waals surface area contributed by atoms with E-state index >= 15 is 0 Å². The average Bonchev–Trinajstić information content (AvgIpc) is 2.50. The summed E-state index contributed by atoms with van der Waals surface area (Å²) in [4.78, 5) is 2.75. The normalized spacial score (nSPS) is 24.8. The van der Waals surface area contributed by atoms with Crippen LogP contribution in [0.4, 0.5) is 0 Å². The summed E-state index contributed by atoms with van der Waals surface area (Å²) in [5.74, 6) is 0.760. The molecule has 3 nitrogen and oxygen atoms in total. The van der Waals surface area contributed by atoms with Gasteiger partial charge in [-0.1, -0.05) is 34.1 Å². The fourth-order valence-corrected chi connectivity index (χ4v) is 3.37. The molecule has 1 heterocycles. The molecule has 0 aromatic carbocycles. The molecular weight excluding hydrogens is 248 g/mol. The van der Waals surface area contributed by atoms with E-state index in [1.54, 1.807) is 0 Å². The highest BCUT2D eigenvalue weighted by molar-refractivity contribution is 4.98. The molecule has 2 unspecified atom stereocenters. The van der Waals surface area contributed by atoms with E-state index in [9.17, 15) is 0 Å². The molecule has 1 saturated heterocycles. The lowest BCUT2D eigenvalue weighted by atomic mass is 9.84. The van der Waals surface area contributed by atoms with Gasteiger partial charge in [0.15, 0.2) is 0 Å². The van der Waals surface area contributed by atoms with Crippen molar-refractivity contribution < 1.29 is 4.74 Å². The van der Waals surface area contributed by atoms with Crippen molar-refractivity contribution in [2.24, 2.45) is 5.92 Å². The molecule has 0 saturated carbocycles. The van der Waals surface area contributed by atoms with Crippen LogP contribution in [0.3, 0.4) is 0 Å². The lowest BCUT2D eigenvalue weighted by Crippen LogP contribution is -2.65. The Kier molecular flexibility index (Phi) is 8.08. The van der Waals surface area contributed by atoms with Crippen molar-refractivity contribution in [3.05, 3.63) is 0 Å². The minimum absolute atomic E-state index is 0.357. The fourth-order valence-electron chi connectivity index (χ4n) is 3.37. The SMILES string of the molecule is CCOCCCN1CC(C(C)CC)NCC1(CC)CC. The lowest BCUT2D eigenvalue weighted by molar-refractivity contribution is 0.0127. The molecule has 1 fully saturated rings. The summed E-state index contributed by atoms with van der Waals surface area (Å²) in [5, 5.41) is 3.82. The number of piperazine rings is 1. The van der Waals surface area contributed by atoms with E-state index in [4.69, 9.17) is 4.74 Å². The van der Waals surface area contributed by atoms with Crippen molar-refractivity contribution in [3.63, 3.8) is 0 Å². The summed E-state index contributed by atoms with van der Waals surface area (Å²) in [6.07, 6.45) is 4.88. The van der Waals surface area contributed by atoms with Crippen molar-refractivity contribution >= 4 is 0 Å². The molecule has 0 aromatic rings. The zero-order chi connectivity index (χ0) is 15.0. The third-order valence-corrected chi connectivity index (χ3v) is 5.35. The van der Waals surface area contributed by atoms with Gasteiger partial charge in [-0.05, 0) is 32.1 Å². The van der Waals surface area contributed by atoms with Gasteiger partial charge in [0.05, 0.1) is 0 Å². The summed E-state index contributed by atoms with van der Waals surface area (Å²) < 4.78 is 5.51. The Bertz CT molecular complexity index is 253. The third-order valence-electron chi connectivity index (χ3n) is 5.35. The highest BCUT2D eigenvalue weighted by Crippen LogP contribution is 2.29. The average molecular weight is 284 g/mol. The maximum absolute atomic E-state index is 5.51. The molecule has 0 aliphatic carbocycles. The maximum Gasteiger partial charge on any atom is 0.0478 e. The summed E-state index contributed by atoms with van der Waals surface area (Å²) in [5.41, 5.74) is 0.357. The Morgan fingerprint density at radius 2 is 1.95 bits per heavy atom. The van der Waals surface area contributed by atoms with Gasteiger partial charge in [0.25, 0.3) is 0 Å². The van der Waals surface area contributed by atoms with Gasteiger partial charge in [-0.25, -0.2) is 0 Å². The van der Waals surface area contributed by atoms with Crippen LogP contribution in [0.25, 0.3) is 0 Å². The van der Waals surface area contributed by atoms with E-state index in [2.05, 4.69) is 44.8 Å². The summed E-state index contributed by atoms with van der Waals surface area (Å²) >= 11 is 0. The van der Waals surface area contributed by atoms with Gasteiger partial charge in [0.2, 0.25) is 0 Å². The number of hydrogen-bond acceptors (Lipinski definition) is 3. The molecule has 1 rings (SSSR count). The van der Waals surface area contributed by atoms with E-state index in [0.717, 1.165) is 32.1 Å². The van der Waals surface area contributed by atoms with Crippen molar-refractivity contribution in [3.8, 4) is 0 Å². The zero-order valence-electron chi connectivity index (χ0n) is 14.4. The van der Waals surface area contributed by atoms with Gasteiger partial charge < -0.3 is 10.1 Å². The van der Waals surface area contributed by atoms with Gasteiger partial charge in [0, 0.05) is 44.4 Å². The number of nitrogens with one attached hydrogen (secondary N) is 1. The molecule has 0 bridgehead atoms. The topological polar surface area (TPSA) is 24.5 Å². The van der Waals surface area contributed by atoms with Crippen LogP contribution < -0.4 is 5.32 Å². The Morgan fingerprint density at radius 3 is 2.50 bits per heavy atom. The van der Waals surface area contributed by atoms with Crippen LogP contribution >= 0.6 is 0 Å². The predicted octanol–water partition coefficient (Wildman–Crippen LogP) is 3.29. The van der Waals surface area contributed by atoms with Crippen molar-refractivity contribution in [2.75, 3.05) is 32.8 Å². The molecule has 1 N–H and O–H groups in total. The molecule has 1 aliphatic rings. The highest BCUT2D eigenvalue weighted by Gasteiger charge is 2.39. The largest absolute Gasteiger partial charge is 0.382 e. The molecule has 1 aliphatic heterocycles. The van der Waals surface area contributed by atoms with Gasteiger partial charge in [-0.3, -0.25) is 4.90 Å². The minimum Gasteiger partial charge on any atom is -0.382 e. The van der Waals surface area contributed by atoms with E-state index in [-0.39, 0.29) is 0 Å². The first kappa shape index (κ1) is 17.9. The molecule has 3 heteroatoms. The fraction of sp³-hybridized carbons (Fsp3) is 1.00. The second-order valence-electron chi connectivity index (χ2n) is 6.30. The number of rotatable bonds is 9. The Balaban J connectivity index is 2.62. The maximum atomic E-state index is 5.51. The first-order valence-electron chi connectivity index (χ1n) is 8.69. The first-order chi connectivity index (χ1) is 9.63. The monoisotopic (exact) mass is 284 g/mol. The van der Waals surface area contributed by atoms with E-state index in [0.29, 0.717) is 11.6 Å². The molecule has 20 heavy (non-hydrogen) atoms. The van der Waals surface area contributed by atoms with Gasteiger partial charge in [-0.2, -0.15) is 0 Å². The first-order valence-corrected chi connectivity index (χ1v) is 8.69. The Labute approximate surface area is 126 Å². The van der Waals surface area contributed by atoms with E-state index in [1.807, 2.05) is 0 Å².